The number of aromatic amines is 1. The van der Waals surface area contributed by atoms with E-state index < -0.39 is 47.3 Å². The van der Waals surface area contributed by atoms with Crippen LogP contribution in [0, 0.1) is 5.92 Å². The van der Waals surface area contributed by atoms with Gasteiger partial charge in [0.1, 0.15) is 17.7 Å². The molecule has 276 valence electrons. The summed E-state index contributed by atoms with van der Waals surface area (Å²) in [5, 5.41) is 6.95. The lowest BCUT2D eigenvalue weighted by molar-refractivity contribution is -0.159. The number of fused-ring (bicyclic) bond motifs is 1. The van der Waals surface area contributed by atoms with Crippen molar-refractivity contribution < 1.29 is 23.9 Å². The van der Waals surface area contributed by atoms with Crippen LogP contribution in [-0.4, -0.2) is 70.9 Å². The van der Waals surface area contributed by atoms with E-state index >= 15 is 0 Å². The Morgan fingerprint density at radius 3 is 2.17 bits per heavy atom. The average Bonchev–Trinajstić information content (AvgIpc) is 3.58. The second-order valence-electron chi connectivity index (χ2n) is 14.8. The van der Waals surface area contributed by atoms with Gasteiger partial charge in [0.25, 0.3) is 0 Å². The molecule has 3 amide bonds. The summed E-state index contributed by atoms with van der Waals surface area (Å²) in [6, 6.07) is 25.3. The van der Waals surface area contributed by atoms with Crippen LogP contribution in [0.1, 0.15) is 88.3 Å². The fraction of sp³-hybridized carbons (Fsp3) is 0.429. The van der Waals surface area contributed by atoms with Crippen LogP contribution < -0.4 is 16.4 Å². The second-order valence-corrected chi connectivity index (χ2v) is 14.8. The summed E-state index contributed by atoms with van der Waals surface area (Å²) in [6.07, 6.45) is 4.75. The van der Waals surface area contributed by atoms with Gasteiger partial charge in [-0.1, -0.05) is 85.8 Å². The van der Waals surface area contributed by atoms with Gasteiger partial charge >= 0.3 is 5.97 Å². The van der Waals surface area contributed by atoms with Crippen molar-refractivity contribution in [1.82, 2.24) is 20.5 Å². The number of nitrogens with zero attached hydrogens (tertiary/aromatic N) is 1. The number of hydrogen-bond acceptors (Lipinski definition) is 6. The number of piperidine rings is 1. The summed E-state index contributed by atoms with van der Waals surface area (Å²) in [6.45, 7) is 8.48. The summed E-state index contributed by atoms with van der Waals surface area (Å²) < 4.78 is 5.68. The number of aromatic nitrogens is 1. The molecule has 0 radical (unpaired) electrons. The molecule has 0 spiro atoms. The van der Waals surface area contributed by atoms with Gasteiger partial charge in [0, 0.05) is 36.1 Å². The molecule has 2 heterocycles. The highest BCUT2D eigenvalue weighted by Gasteiger charge is 2.38. The molecule has 1 fully saturated rings. The fourth-order valence-electron chi connectivity index (χ4n) is 7.06. The molecule has 0 bridgehead atoms. The first-order valence-electron chi connectivity index (χ1n) is 18.4. The van der Waals surface area contributed by atoms with Crippen LogP contribution >= 0.6 is 0 Å². The Morgan fingerprint density at radius 2 is 1.54 bits per heavy atom. The topological polar surface area (TPSA) is 147 Å². The number of benzene rings is 3. The zero-order valence-electron chi connectivity index (χ0n) is 30.8. The largest absolute Gasteiger partial charge is 0.458 e. The van der Waals surface area contributed by atoms with Crippen LogP contribution in [0.3, 0.4) is 0 Å². The highest BCUT2D eigenvalue weighted by molar-refractivity contribution is 5.94. The number of carbonyl (C=O) groups excluding carboxylic acids is 4. The van der Waals surface area contributed by atoms with Gasteiger partial charge in [-0.05, 0) is 82.2 Å². The number of nitrogens with two attached hydrogens (primary N) is 1. The van der Waals surface area contributed by atoms with Crippen molar-refractivity contribution in [2.24, 2.45) is 11.7 Å². The zero-order valence-corrected chi connectivity index (χ0v) is 30.8. The van der Waals surface area contributed by atoms with Crippen molar-refractivity contribution in [1.29, 1.82) is 0 Å². The van der Waals surface area contributed by atoms with Gasteiger partial charge < -0.3 is 31.0 Å². The van der Waals surface area contributed by atoms with E-state index in [2.05, 4.69) is 15.6 Å². The van der Waals surface area contributed by atoms with Crippen LogP contribution in [0.15, 0.2) is 91.1 Å². The molecule has 3 aromatic carbocycles. The molecule has 10 nitrogen and oxygen atoms in total. The second kappa shape index (κ2) is 17.5. The Morgan fingerprint density at radius 1 is 0.904 bits per heavy atom. The van der Waals surface area contributed by atoms with E-state index in [9.17, 15) is 19.2 Å². The van der Waals surface area contributed by atoms with Crippen LogP contribution in [0.2, 0.25) is 0 Å². The maximum atomic E-state index is 14.3. The number of amides is 3. The maximum Gasteiger partial charge on any atom is 0.329 e. The molecule has 1 saturated heterocycles. The number of para-hydroxylation sites is 1. The summed E-state index contributed by atoms with van der Waals surface area (Å²) >= 11 is 0. The van der Waals surface area contributed by atoms with Gasteiger partial charge in [0.2, 0.25) is 17.7 Å². The number of esters is 1. The lowest BCUT2D eigenvalue weighted by atomic mass is 9.88. The minimum Gasteiger partial charge on any atom is -0.458 e. The monoisotopic (exact) mass is 707 g/mol. The predicted molar refractivity (Wildman–Crippen MR) is 203 cm³/mol. The van der Waals surface area contributed by atoms with Gasteiger partial charge in [0.05, 0.1) is 11.8 Å². The Hall–Kier alpha value is -4.96. The van der Waals surface area contributed by atoms with Crippen molar-refractivity contribution >= 4 is 34.6 Å². The van der Waals surface area contributed by atoms with Gasteiger partial charge in [-0.15, -0.1) is 0 Å². The number of nitrogens with one attached hydrogen (secondary N) is 3. The molecule has 4 atom stereocenters. The zero-order chi connectivity index (χ0) is 37.3. The van der Waals surface area contributed by atoms with Crippen LogP contribution in [0.4, 0.5) is 0 Å². The third kappa shape index (κ3) is 9.67. The lowest BCUT2D eigenvalue weighted by Crippen LogP contribution is -2.56. The molecule has 4 aromatic rings. The molecule has 5 N–H and O–H groups in total. The quantitative estimate of drug-likeness (QED) is 0.0966. The van der Waals surface area contributed by atoms with E-state index in [4.69, 9.17) is 10.5 Å². The van der Waals surface area contributed by atoms with E-state index in [0.717, 1.165) is 27.6 Å². The summed E-state index contributed by atoms with van der Waals surface area (Å²) in [5.74, 6) is -2.88. The maximum absolute atomic E-state index is 14.3. The normalized spacial score (nSPS) is 16.6. The first kappa shape index (κ1) is 38.3. The highest BCUT2D eigenvalue weighted by Crippen LogP contribution is 2.31. The van der Waals surface area contributed by atoms with Gasteiger partial charge in [-0.2, -0.15) is 0 Å². The molecule has 2 unspecified atom stereocenters. The molecule has 5 rings (SSSR count). The first-order chi connectivity index (χ1) is 25.0. The van der Waals surface area contributed by atoms with Crippen molar-refractivity contribution in [3.8, 4) is 0 Å². The lowest BCUT2D eigenvalue weighted by Gasteiger charge is -2.36. The standard InChI is InChI=1S/C42H53N5O5/c1-28(33-26-44-34-22-12-11-21-32(33)34)37(39(49)45-35(23-13-14-24-43)41(51)52-42(2,3)4)46-38(48)31-20-15-25-47(27-31)40(50)36(29-16-7-5-8-17-29)30-18-9-6-10-19-30/h5-12,16-19,21-22,26,28,31,35-37,44H,13-15,20,23-25,27,43H2,1-4H3,(H,45,49)(H,46,48)/t28-,31?,35-,37?/m0/s1. The first-order valence-corrected chi connectivity index (χ1v) is 18.4. The Kier molecular flexibility index (Phi) is 12.9. The average molecular weight is 708 g/mol. The highest BCUT2D eigenvalue weighted by atomic mass is 16.6. The van der Waals surface area contributed by atoms with Crippen LogP contribution in [-0.2, 0) is 23.9 Å². The summed E-state index contributed by atoms with van der Waals surface area (Å²) in [7, 11) is 0. The van der Waals surface area contributed by atoms with Crippen LogP contribution in [0.5, 0.6) is 0 Å². The summed E-state index contributed by atoms with van der Waals surface area (Å²) in [5.41, 5.74) is 8.54. The Balaban J connectivity index is 1.39. The van der Waals surface area contributed by atoms with Crippen molar-refractivity contribution in [2.45, 2.75) is 89.3 Å². The smallest absolute Gasteiger partial charge is 0.329 e. The molecule has 0 saturated carbocycles. The van der Waals surface area contributed by atoms with Gasteiger partial charge in [0.15, 0.2) is 0 Å². The fourth-order valence-corrected chi connectivity index (χ4v) is 7.06. The Bertz CT molecular complexity index is 1760. The number of likely N-dealkylation sites (tertiary alicyclic amines) is 1. The molecule has 52 heavy (non-hydrogen) atoms. The van der Waals surface area contributed by atoms with E-state index in [1.807, 2.05) is 98.0 Å². The predicted octanol–water partition coefficient (Wildman–Crippen LogP) is 5.78. The number of rotatable bonds is 14. The van der Waals surface area contributed by atoms with Crippen LogP contribution in [0.25, 0.3) is 10.9 Å². The summed E-state index contributed by atoms with van der Waals surface area (Å²) in [4.78, 5) is 61.1. The van der Waals surface area contributed by atoms with Gasteiger partial charge in [-0.25, -0.2) is 4.79 Å². The molecule has 1 aromatic heterocycles. The molecule has 1 aliphatic rings. The van der Waals surface area contributed by atoms with Crippen molar-refractivity contribution in [3.05, 3.63) is 108 Å². The molecular weight excluding hydrogens is 654 g/mol. The molecule has 10 heteroatoms. The van der Waals surface area contributed by atoms with Crippen molar-refractivity contribution in [3.63, 3.8) is 0 Å². The van der Waals surface area contributed by atoms with Crippen molar-refractivity contribution in [2.75, 3.05) is 19.6 Å². The number of H-pyrrole nitrogens is 1. The number of unbranched alkanes of at least 4 members (excludes halogenated alkanes) is 1. The van der Waals surface area contributed by atoms with Gasteiger partial charge in [-0.3, -0.25) is 14.4 Å². The number of hydrogen-bond donors (Lipinski definition) is 4. The SMILES string of the molecule is C[C@@H](c1c[nH]c2ccccc12)C(NC(=O)C1CCCN(C(=O)C(c2ccccc2)c2ccccc2)C1)C(=O)N[C@@H](CCCCN)C(=O)OC(C)(C)C. The molecule has 1 aliphatic heterocycles. The third-order valence-corrected chi connectivity index (χ3v) is 9.76. The van der Waals surface area contributed by atoms with E-state index in [-0.39, 0.29) is 18.4 Å². The minimum absolute atomic E-state index is 0.0611. The molecule has 0 aliphatic carbocycles. The number of ether oxygens (including phenoxy) is 1. The Labute approximate surface area is 306 Å². The minimum atomic E-state index is -1.02. The third-order valence-electron chi connectivity index (χ3n) is 9.76. The van der Waals surface area contributed by atoms with E-state index in [0.29, 0.717) is 45.2 Å². The van der Waals surface area contributed by atoms with E-state index in [1.165, 1.54) is 0 Å². The van der Waals surface area contributed by atoms with E-state index in [1.54, 1.807) is 25.7 Å². The molecular formula is C42H53N5O5. The number of carbonyl (C=O) groups is 4.